The lowest BCUT2D eigenvalue weighted by Crippen LogP contribution is -1.91. The molecule has 1 rings (SSSR count). The van der Waals surface area contributed by atoms with E-state index in [1.807, 2.05) is 12.1 Å². The Morgan fingerprint density at radius 3 is 2.62 bits per heavy atom. The maximum Gasteiger partial charge on any atom is 0.127 e. The van der Waals surface area contributed by atoms with Gasteiger partial charge in [-0.05, 0) is 18.4 Å². The van der Waals surface area contributed by atoms with Crippen molar-refractivity contribution in [3.8, 4) is 5.75 Å². The van der Waals surface area contributed by atoms with Crippen LogP contribution < -0.4 is 0 Å². The average molecular weight is 173 g/mol. The van der Waals surface area contributed by atoms with E-state index in [2.05, 4.69) is 19.2 Å². The summed E-state index contributed by atoms with van der Waals surface area (Å²) in [5.74, 6) is 0.222. The molecular formula is C12H13O. The van der Waals surface area contributed by atoms with Crippen LogP contribution in [0.1, 0.15) is 11.1 Å². The molecule has 0 heterocycles. The van der Waals surface area contributed by atoms with E-state index in [1.165, 1.54) is 0 Å². The van der Waals surface area contributed by atoms with E-state index >= 15 is 0 Å². The number of phenolic OH excluding ortho intramolecular Hbond substituents is 1. The van der Waals surface area contributed by atoms with E-state index in [4.69, 9.17) is 0 Å². The molecule has 1 heteroatoms. The quantitative estimate of drug-likeness (QED) is 0.694. The van der Waals surface area contributed by atoms with Gasteiger partial charge in [0.15, 0.2) is 0 Å². The molecule has 0 fully saturated rings. The molecule has 67 valence electrons. The second kappa shape index (κ2) is 4.51. The van der Waals surface area contributed by atoms with Crippen molar-refractivity contribution < 1.29 is 5.11 Å². The Morgan fingerprint density at radius 2 is 2.00 bits per heavy atom. The minimum Gasteiger partial charge on any atom is -0.507 e. The number of rotatable bonds is 4. The van der Waals surface area contributed by atoms with Gasteiger partial charge in [0.2, 0.25) is 0 Å². The van der Waals surface area contributed by atoms with Gasteiger partial charge in [0.1, 0.15) is 5.75 Å². The Labute approximate surface area is 79.0 Å². The first-order chi connectivity index (χ1) is 6.29. The molecule has 0 aliphatic heterocycles. The molecule has 1 radical (unpaired) electrons. The Morgan fingerprint density at radius 1 is 1.31 bits per heavy atom. The largest absolute Gasteiger partial charge is 0.507 e. The molecule has 0 spiro atoms. The van der Waals surface area contributed by atoms with Crippen LogP contribution >= 0.6 is 0 Å². The lowest BCUT2D eigenvalue weighted by atomic mass is 10.0. The van der Waals surface area contributed by atoms with Gasteiger partial charge in [-0.25, -0.2) is 0 Å². The summed E-state index contributed by atoms with van der Waals surface area (Å²) in [5.41, 5.74) is 1.99. The second-order valence-electron chi connectivity index (χ2n) is 2.82. The molecule has 0 bridgehead atoms. The Balaban J connectivity index is 3.08. The van der Waals surface area contributed by atoms with Crippen LogP contribution in [-0.4, -0.2) is 5.11 Å². The van der Waals surface area contributed by atoms with Gasteiger partial charge in [0.25, 0.3) is 0 Å². The summed E-state index contributed by atoms with van der Waals surface area (Å²) in [7, 11) is 0. The lowest BCUT2D eigenvalue weighted by Gasteiger charge is -2.06. The third-order valence-electron chi connectivity index (χ3n) is 1.89. The Kier molecular flexibility index (Phi) is 3.32. The zero-order valence-electron chi connectivity index (χ0n) is 7.59. The average Bonchev–Trinajstić information content (AvgIpc) is 2.11. The third-order valence-corrected chi connectivity index (χ3v) is 1.89. The van der Waals surface area contributed by atoms with Gasteiger partial charge in [-0.15, -0.1) is 13.2 Å². The molecule has 13 heavy (non-hydrogen) atoms. The smallest absolute Gasteiger partial charge is 0.127 e. The second-order valence-corrected chi connectivity index (χ2v) is 2.82. The van der Waals surface area contributed by atoms with Gasteiger partial charge in [0.05, 0.1) is 0 Å². The van der Waals surface area contributed by atoms with Gasteiger partial charge < -0.3 is 5.11 Å². The van der Waals surface area contributed by atoms with Gasteiger partial charge in [-0.1, -0.05) is 24.3 Å². The highest BCUT2D eigenvalue weighted by atomic mass is 16.3. The standard InChI is InChI=1S/C12H13O/c1-3-6-10-8-5-9-12(13)11(10)7-4-2/h3-5,8,13H,1-2,6-7H2. The summed E-state index contributed by atoms with van der Waals surface area (Å²) >= 11 is 0. The fraction of sp³-hybridized carbons (Fsp3) is 0.167. The molecular weight excluding hydrogens is 160 g/mol. The summed E-state index contributed by atoms with van der Waals surface area (Å²) in [6.07, 6.45) is 5.04. The minimum atomic E-state index is 0.222. The van der Waals surface area contributed by atoms with Crippen molar-refractivity contribution in [1.29, 1.82) is 0 Å². The summed E-state index contributed by atoms with van der Waals surface area (Å²) in [5, 5.41) is 9.51. The predicted octanol–water partition coefficient (Wildman–Crippen LogP) is 2.65. The van der Waals surface area contributed by atoms with Crippen molar-refractivity contribution in [2.24, 2.45) is 0 Å². The summed E-state index contributed by atoms with van der Waals surface area (Å²) in [4.78, 5) is 0. The van der Waals surface area contributed by atoms with Gasteiger partial charge in [-0.2, -0.15) is 0 Å². The van der Waals surface area contributed by atoms with Crippen LogP contribution in [0.3, 0.4) is 0 Å². The van der Waals surface area contributed by atoms with Gasteiger partial charge >= 0.3 is 0 Å². The van der Waals surface area contributed by atoms with Crippen LogP contribution in [0.5, 0.6) is 5.75 Å². The van der Waals surface area contributed by atoms with Crippen molar-refractivity contribution in [1.82, 2.24) is 0 Å². The van der Waals surface area contributed by atoms with Crippen molar-refractivity contribution in [2.75, 3.05) is 0 Å². The molecule has 0 saturated carbocycles. The van der Waals surface area contributed by atoms with E-state index in [0.29, 0.717) is 6.42 Å². The molecule has 1 aromatic carbocycles. The molecule has 1 aromatic rings. The molecule has 0 saturated heterocycles. The molecule has 0 aliphatic carbocycles. The fourth-order valence-corrected chi connectivity index (χ4v) is 1.28. The zero-order chi connectivity index (χ0) is 9.68. The monoisotopic (exact) mass is 173 g/mol. The number of hydrogen-bond donors (Lipinski definition) is 1. The van der Waals surface area contributed by atoms with Crippen LogP contribution in [0.15, 0.2) is 37.4 Å². The molecule has 0 amide bonds. The van der Waals surface area contributed by atoms with Crippen LogP contribution in [-0.2, 0) is 12.8 Å². The molecule has 0 unspecified atom stereocenters. The molecule has 0 aliphatic rings. The number of aromatic hydroxyl groups is 1. The summed E-state index contributed by atoms with van der Waals surface area (Å²) in [6, 6.07) is 6.42. The molecule has 1 nitrogen and oxygen atoms in total. The van der Waals surface area contributed by atoms with E-state index in [0.717, 1.165) is 17.5 Å². The number of benzene rings is 1. The van der Waals surface area contributed by atoms with Crippen molar-refractivity contribution in [2.45, 2.75) is 12.8 Å². The number of allylic oxidation sites excluding steroid dienone is 2. The van der Waals surface area contributed by atoms with E-state index in [1.54, 1.807) is 12.1 Å². The number of phenols is 1. The predicted molar refractivity (Wildman–Crippen MR) is 54.7 cm³/mol. The Bertz CT molecular complexity index is 313. The van der Waals surface area contributed by atoms with E-state index < -0.39 is 0 Å². The minimum absolute atomic E-state index is 0.222. The maximum absolute atomic E-state index is 9.51. The van der Waals surface area contributed by atoms with Crippen LogP contribution in [0.2, 0.25) is 0 Å². The van der Waals surface area contributed by atoms with Gasteiger partial charge in [-0.3, -0.25) is 0 Å². The first-order valence-electron chi connectivity index (χ1n) is 4.22. The van der Waals surface area contributed by atoms with Crippen molar-refractivity contribution in [3.05, 3.63) is 54.6 Å². The maximum atomic E-state index is 9.51. The highest BCUT2D eigenvalue weighted by Crippen LogP contribution is 2.21. The van der Waals surface area contributed by atoms with Crippen LogP contribution in [0.25, 0.3) is 0 Å². The van der Waals surface area contributed by atoms with Crippen LogP contribution in [0, 0.1) is 6.07 Å². The molecule has 1 N–H and O–H groups in total. The Hall–Kier alpha value is -1.50. The SMILES string of the molecule is C=CCc1cc[c]c(O)c1CC=C. The van der Waals surface area contributed by atoms with Crippen molar-refractivity contribution in [3.63, 3.8) is 0 Å². The number of hydrogen-bond acceptors (Lipinski definition) is 1. The zero-order valence-corrected chi connectivity index (χ0v) is 7.59. The molecule has 0 atom stereocenters. The first kappa shape index (κ1) is 9.59. The topological polar surface area (TPSA) is 20.2 Å². The first-order valence-corrected chi connectivity index (χ1v) is 4.22. The van der Waals surface area contributed by atoms with Gasteiger partial charge in [0, 0.05) is 11.6 Å². The molecule has 0 aromatic heterocycles. The normalized spacial score (nSPS) is 9.54. The van der Waals surface area contributed by atoms with E-state index in [9.17, 15) is 5.11 Å². The lowest BCUT2D eigenvalue weighted by molar-refractivity contribution is 0.467. The summed E-state index contributed by atoms with van der Waals surface area (Å²) in [6.45, 7) is 7.32. The fourth-order valence-electron chi connectivity index (χ4n) is 1.28. The highest BCUT2D eigenvalue weighted by Gasteiger charge is 2.04. The highest BCUT2D eigenvalue weighted by molar-refractivity contribution is 5.40. The third kappa shape index (κ3) is 2.22. The van der Waals surface area contributed by atoms with Crippen molar-refractivity contribution >= 4 is 0 Å². The van der Waals surface area contributed by atoms with E-state index in [-0.39, 0.29) is 5.75 Å². The van der Waals surface area contributed by atoms with Crippen LogP contribution in [0.4, 0.5) is 0 Å². The summed E-state index contributed by atoms with van der Waals surface area (Å²) < 4.78 is 0.